The lowest BCUT2D eigenvalue weighted by Crippen LogP contribution is -2.53. The summed E-state index contributed by atoms with van der Waals surface area (Å²) in [4.78, 5) is 11.5. The minimum Gasteiger partial charge on any atom is -0.480 e. The number of rotatable bonds is 5. The van der Waals surface area contributed by atoms with E-state index in [2.05, 4.69) is 0 Å². The van der Waals surface area contributed by atoms with Gasteiger partial charge in [-0.2, -0.15) is 4.31 Å². The molecule has 0 aromatic heterocycles. The number of carboxylic acid groups (broad SMARTS) is 1. The molecule has 0 aromatic rings. The van der Waals surface area contributed by atoms with E-state index in [9.17, 15) is 18.3 Å². The van der Waals surface area contributed by atoms with Crippen molar-refractivity contribution in [3.8, 4) is 0 Å². The molecule has 0 bridgehead atoms. The van der Waals surface area contributed by atoms with Crippen LogP contribution in [0.5, 0.6) is 0 Å². The molecule has 6 heteroatoms. The number of nitrogens with zero attached hydrogens (tertiary/aromatic N) is 1. The Balaban J connectivity index is 2.97. The number of hydrogen-bond acceptors (Lipinski definition) is 3. The molecule has 19 heavy (non-hydrogen) atoms. The van der Waals surface area contributed by atoms with Crippen molar-refractivity contribution in [1.82, 2.24) is 4.31 Å². The lowest BCUT2D eigenvalue weighted by molar-refractivity contribution is -0.147. The van der Waals surface area contributed by atoms with E-state index < -0.39 is 21.5 Å². The van der Waals surface area contributed by atoms with Gasteiger partial charge >= 0.3 is 5.97 Å². The highest BCUT2D eigenvalue weighted by Gasteiger charge is 2.51. The van der Waals surface area contributed by atoms with Gasteiger partial charge in [0, 0.05) is 6.54 Å². The van der Waals surface area contributed by atoms with E-state index in [0.29, 0.717) is 32.2 Å². The number of carbonyl (C=O) groups is 1. The molecule has 1 fully saturated rings. The van der Waals surface area contributed by atoms with Crippen molar-refractivity contribution in [3.05, 3.63) is 0 Å². The molecule has 1 rings (SSSR count). The average Bonchev–Trinajstić information content (AvgIpc) is 2.71. The molecule has 0 saturated carbocycles. The summed E-state index contributed by atoms with van der Waals surface area (Å²) >= 11 is 0. The SMILES string of the molecule is CCC1(C(=O)O)CCCN1S(=O)(=O)CCC(C)(C)C. The molecule has 5 nitrogen and oxygen atoms in total. The Morgan fingerprint density at radius 3 is 2.37 bits per heavy atom. The van der Waals surface area contributed by atoms with E-state index in [4.69, 9.17) is 0 Å². The molecule has 0 spiro atoms. The number of carboxylic acids is 1. The Hall–Kier alpha value is -0.620. The van der Waals surface area contributed by atoms with Crippen LogP contribution in [0.3, 0.4) is 0 Å². The summed E-state index contributed by atoms with van der Waals surface area (Å²) in [5.41, 5.74) is -1.30. The van der Waals surface area contributed by atoms with Gasteiger partial charge in [-0.1, -0.05) is 27.7 Å². The van der Waals surface area contributed by atoms with Gasteiger partial charge in [0.1, 0.15) is 5.54 Å². The van der Waals surface area contributed by atoms with Crippen LogP contribution in [0.1, 0.15) is 53.4 Å². The van der Waals surface area contributed by atoms with Crippen LogP contribution in [0, 0.1) is 5.41 Å². The summed E-state index contributed by atoms with van der Waals surface area (Å²) in [6.07, 6.45) is 1.88. The summed E-state index contributed by atoms with van der Waals surface area (Å²) in [7, 11) is -3.51. The number of sulfonamides is 1. The van der Waals surface area contributed by atoms with Crippen LogP contribution < -0.4 is 0 Å². The van der Waals surface area contributed by atoms with E-state index in [1.165, 1.54) is 4.31 Å². The predicted molar refractivity (Wildman–Crippen MR) is 74.5 cm³/mol. The number of hydrogen-bond donors (Lipinski definition) is 1. The first-order valence-corrected chi connectivity index (χ1v) is 8.40. The van der Waals surface area contributed by atoms with Crippen LogP contribution in [0.15, 0.2) is 0 Å². The second-order valence-corrected chi connectivity index (χ2v) is 8.51. The molecule has 0 amide bonds. The fourth-order valence-corrected chi connectivity index (χ4v) is 4.85. The summed E-state index contributed by atoms with van der Waals surface area (Å²) in [5, 5.41) is 9.42. The molecular weight excluding hydrogens is 266 g/mol. The van der Waals surface area contributed by atoms with Gasteiger partial charge in [0.25, 0.3) is 0 Å². The monoisotopic (exact) mass is 291 g/mol. The maximum atomic E-state index is 12.4. The summed E-state index contributed by atoms with van der Waals surface area (Å²) < 4.78 is 26.1. The van der Waals surface area contributed by atoms with Gasteiger partial charge in [0.2, 0.25) is 10.0 Å². The Kier molecular flexibility index (Phi) is 4.67. The molecule has 0 radical (unpaired) electrons. The standard InChI is InChI=1S/C13H25NO4S/c1-5-13(11(15)16)7-6-9-14(13)19(17,18)10-8-12(2,3)4/h5-10H2,1-4H3,(H,15,16). The predicted octanol–water partition coefficient (Wildman–Crippen LogP) is 2.08. The molecule has 1 saturated heterocycles. The highest BCUT2D eigenvalue weighted by atomic mass is 32.2. The third kappa shape index (κ3) is 3.48. The van der Waals surface area contributed by atoms with Crippen molar-refractivity contribution in [2.75, 3.05) is 12.3 Å². The van der Waals surface area contributed by atoms with Crippen molar-refractivity contribution in [2.24, 2.45) is 5.41 Å². The van der Waals surface area contributed by atoms with Gasteiger partial charge < -0.3 is 5.11 Å². The van der Waals surface area contributed by atoms with E-state index in [0.717, 1.165) is 0 Å². The second kappa shape index (κ2) is 5.40. The molecule has 1 heterocycles. The van der Waals surface area contributed by atoms with E-state index >= 15 is 0 Å². The molecule has 1 aliphatic heterocycles. The minimum absolute atomic E-state index is 0.0194. The number of aliphatic carboxylic acids is 1. The second-order valence-electron chi connectivity index (χ2n) is 6.49. The Morgan fingerprint density at radius 1 is 1.37 bits per heavy atom. The molecule has 1 aliphatic rings. The van der Waals surface area contributed by atoms with Crippen molar-refractivity contribution >= 4 is 16.0 Å². The van der Waals surface area contributed by atoms with Crippen LogP contribution >= 0.6 is 0 Å². The van der Waals surface area contributed by atoms with Crippen LogP contribution in [-0.4, -0.2) is 41.6 Å². The summed E-state index contributed by atoms with van der Waals surface area (Å²) in [6.45, 7) is 8.02. The molecule has 1 atom stereocenters. The Labute approximate surface area is 116 Å². The Morgan fingerprint density at radius 2 is 1.95 bits per heavy atom. The lowest BCUT2D eigenvalue weighted by atomic mass is 9.94. The van der Waals surface area contributed by atoms with Crippen LogP contribution in [0.2, 0.25) is 0 Å². The topological polar surface area (TPSA) is 74.7 Å². The maximum Gasteiger partial charge on any atom is 0.325 e. The molecule has 1 unspecified atom stereocenters. The third-order valence-electron chi connectivity index (χ3n) is 3.86. The lowest BCUT2D eigenvalue weighted by Gasteiger charge is -2.33. The molecule has 0 aromatic carbocycles. The van der Waals surface area contributed by atoms with Crippen LogP contribution in [0.25, 0.3) is 0 Å². The zero-order valence-electron chi connectivity index (χ0n) is 12.3. The summed E-state index contributed by atoms with van der Waals surface area (Å²) in [5.74, 6) is -1.00. The smallest absolute Gasteiger partial charge is 0.325 e. The van der Waals surface area contributed by atoms with E-state index in [1.807, 2.05) is 20.8 Å². The van der Waals surface area contributed by atoms with E-state index in [-0.39, 0.29) is 11.2 Å². The quantitative estimate of drug-likeness (QED) is 0.841. The normalized spacial score (nSPS) is 25.7. The van der Waals surface area contributed by atoms with Crippen molar-refractivity contribution in [2.45, 2.75) is 58.9 Å². The van der Waals surface area contributed by atoms with Crippen molar-refractivity contribution < 1.29 is 18.3 Å². The van der Waals surface area contributed by atoms with Crippen molar-refractivity contribution in [3.63, 3.8) is 0 Å². The fraction of sp³-hybridized carbons (Fsp3) is 0.923. The molecule has 0 aliphatic carbocycles. The van der Waals surface area contributed by atoms with Crippen molar-refractivity contribution in [1.29, 1.82) is 0 Å². The minimum atomic E-state index is -3.51. The average molecular weight is 291 g/mol. The van der Waals surface area contributed by atoms with Gasteiger partial charge in [0.05, 0.1) is 5.75 Å². The first-order valence-electron chi connectivity index (χ1n) is 6.79. The highest BCUT2D eigenvalue weighted by molar-refractivity contribution is 7.89. The molecule has 1 N–H and O–H groups in total. The van der Waals surface area contributed by atoms with Crippen LogP contribution in [0.4, 0.5) is 0 Å². The zero-order valence-corrected chi connectivity index (χ0v) is 13.1. The van der Waals surface area contributed by atoms with Gasteiger partial charge in [-0.15, -0.1) is 0 Å². The molecular formula is C13H25NO4S. The van der Waals surface area contributed by atoms with E-state index in [1.54, 1.807) is 6.92 Å². The zero-order chi connectivity index (χ0) is 14.9. The van der Waals surface area contributed by atoms with Gasteiger partial charge in [-0.25, -0.2) is 8.42 Å². The summed E-state index contributed by atoms with van der Waals surface area (Å²) in [6, 6.07) is 0. The Bertz CT molecular complexity index is 438. The highest BCUT2D eigenvalue weighted by Crippen LogP contribution is 2.36. The third-order valence-corrected chi connectivity index (χ3v) is 5.78. The van der Waals surface area contributed by atoms with Crippen LogP contribution in [-0.2, 0) is 14.8 Å². The van der Waals surface area contributed by atoms with Gasteiger partial charge in [-0.05, 0) is 31.1 Å². The van der Waals surface area contributed by atoms with Gasteiger partial charge in [-0.3, -0.25) is 4.79 Å². The fourth-order valence-electron chi connectivity index (χ4n) is 2.52. The van der Waals surface area contributed by atoms with Gasteiger partial charge in [0.15, 0.2) is 0 Å². The first-order chi connectivity index (χ1) is 8.55. The molecule has 112 valence electrons. The largest absolute Gasteiger partial charge is 0.480 e. The maximum absolute atomic E-state index is 12.4. The first kappa shape index (κ1) is 16.4.